The molecule has 9 heteroatoms. The van der Waals surface area contributed by atoms with E-state index in [1.165, 1.54) is 19.4 Å². The first-order valence-electron chi connectivity index (χ1n) is 13.2. The number of esters is 1. The smallest absolute Gasteiger partial charge is 0.311 e. The van der Waals surface area contributed by atoms with E-state index < -0.39 is 11.9 Å². The molecular weight excluding hydrogens is 512 g/mol. The van der Waals surface area contributed by atoms with Gasteiger partial charge in [0, 0.05) is 6.42 Å². The molecule has 0 atom stereocenters. The number of nitriles is 1. The van der Waals surface area contributed by atoms with Crippen molar-refractivity contribution < 1.29 is 33.0 Å². The Hall–Kier alpha value is -4.71. The van der Waals surface area contributed by atoms with Gasteiger partial charge in [-0.25, -0.2) is 0 Å². The second-order valence-electron chi connectivity index (χ2n) is 8.73. The molecule has 0 aliphatic carbocycles. The van der Waals surface area contributed by atoms with Gasteiger partial charge in [0.2, 0.25) is 0 Å². The molecule has 210 valence electrons. The Kier molecular flexibility index (Phi) is 11.7. The van der Waals surface area contributed by atoms with Crippen LogP contribution in [0.3, 0.4) is 0 Å². The van der Waals surface area contributed by atoms with Crippen molar-refractivity contribution in [3.63, 3.8) is 0 Å². The average Bonchev–Trinajstić information content (AvgIpc) is 3.49. The number of carbonyl (C=O) groups excluding carboxylic acids is 2. The highest BCUT2D eigenvalue weighted by Crippen LogP contribution is 2.31. The van der Waals surface area contributed by atoms with E-state index in [1.807, 2.05) is 31.2 Å². The molecule has 3 rings (SSSR count). The lowest BCUT2D eigenvalue weighted by atomic mass is 10.1. The van der Waals surface area contributed by atoms with Crippen LogP contribution in [0.4, 0.5) is 0 Å². The highest BCUT2D eigenvalue weighted by Gasteiger charge is 2.14. The number of ether oxygens (including phenoxy) is 4. The third-order valence-corrected chi connectivity index (χ3v) is 5.77. The molecule has 0 aliphatic rings. The summed E-state index contributed by atoms with van der Waals surface area (Å²) in [6.07, 6.45) is 5.53. The minimum absolute atomic E-state index is 0.0912. The zero-order chi connectivity index (χ0) is 28.7. The van der Waals surface area contributed by atoms with Crippen LogP contribution >= 0.6 is 0 Å². The normalized spacial score (nSPS) is 10.9. The molecule has 1 N–H and O–H groups in total. The molecule has 0 saturated carbocycles. The molecular formula is C31H34N2O7. The molecule has 0 spiro atoms. The van der Waals surface area contributed by atoms with Crippen LogP contribution in [0.5, 0.6) is 23.0 Å². The Bertz CT molecular complexity index is 1340. The molecule has 0 unspecified atom stereocenters. The highest BCUT2D eigenvalue weighted by atomic mass is 16.6. The van der Waals surface area contributed by atoms with Crippen LogP contribution in [0, 0.1) is 11.3 Å². The van der Waals surface area contributed by atoms with E-state index in [4.69, 9.17) is 23.4 Å². The topological polar surface area (TPSA) is 120 Å². The van der Waals surface area contributed by atoms with Gasteiger partial charge in [0.15, 0.2) is 23.0 Å². The minimum Gasteiger partial charge on any atom is -0.493 e. The van der Waals surface area contributed by atoms with E-state index in [0.717, 1.165) is 18.4 Å². The summed E-state index contributed by atoms with van der Waals surface area (Å²) in [5.41, 5.74) is 1.36. The first-order chi connectivity index (χ1) is 19.5. The number of amides is 1. The predicted octanol–water partition coefficient (Wildman–Crippen LogP) is 5.63. The molecule has 2 aromatic carbocycles. The summed E-state index contributed by atoms with van der Waals surface area (Å²) in [6, 6.07) is 15.8. The molecule has 9 nitrogen and oxygen atoms in total. The predicted molar refractivity (Wildman–Crippen MR) is 149 cm³/mol. The fourth-order valence-corrected chi connectivity index (χ4v) is 3.69. The van der Waals surface area contributed by atoms with Gasteiger partial charge < -0.3 is 28.7 Å². The Labute approximate surface area is 234 Å². The SMILES string of the molecule is CCCCOc1ccc(CCC(=O)Oc2ccc(/C=C(\C#N)C(=O)NCc3ccco3)cc2OC)cc1OCC. The lowest BCUT2D eigenvalue weighted by Gasteiger charge is -2.13. The molecule has 1 aromatic heterocycles. The van der Waals surface area contributed by atoms with Gasteiger partial charge in [-0.15, -0.1) is 0 Å². The maximum atomic E-state index is 12.6. The number of unbranched alkanes of at least 4 members (excludes halogenated alkanes) is 1. The van der Waals surface area contributed by atoms with Crippen molar-refractivity contribution in [2.45, 2.75) is 46.1 Å². The van der Waals surface area contributed by atoms with Crippen molar-refractivity contribution in [2.24, 2.45) is 0 Å². The minimum atomic E-state index is -0.540. The number of methoxy groups -OCH3 is 1. The summed E-state index contributed by atoms with van der Waals surface area (Å²) in [5, 5.41) is 12.1. The van der Waals surface area contributed by atoms with E-state index in [-0.39, 0.29) is 24.3 Å². The number of hydrogen-bond donors (Lipinski definition) is 1. The molecule has 0 saturated heterocycles. The molecule has 40 heavy (non-hydrogen) atoms. The van der Waals surface area contributed by atoms with Crippen molar-refractivity contribution in [1.82, 2.24) is 5.32 Å². The standard InChI is InChI=1S/C31H34N2O7/c1-4-6-15-39-26-12-9-22(18-29(26)37-5-2)11-14-30(34)40-27-13-10-23(19-28(27)36-3)17-24(20-32)31(35)33-21-25-8-7-16-38-25/h7-10,12-13,16-19H,4-6,11,14-15,21H2,1-3H3,(H,33,35)/b24-17+. The van der Waals surface area contributed by atoms with E-state index in [0.29, 0.717) is 48.2 Å². The number of aryl methyl sites for hydroxylation is 1. The van der Waals surface area contributed by atoms with Crippen LogP contribution in [-0.4, -0.2) is 32.2 Å². The number of hydrogen-bond acceptors (Lipinski definition) is 8. The van der Waals surface area contributed by atoms with Crippen LogP contribution in [-0.2, 0) is 22.6 Å². The van der Waals surface area contributed by atoms with Crippen molar-refractivity contribution in [3.05, 3.63) is 77.3 Å². The number of furan rings is 1. The maximum absolute atomic E-state index is 12.6. The fraction of sp³-hybridized carbons (Fsp3) is 0.323. The summed E-state index contributed by atoms with van der Waals surface area (Å²) < 4.78 is 27.7. The van der Waals surface area contributed by atoms with Crippen LogP contribution in [0.1, 0.15) is 50.0 Å². The second kappa shape index (κ2) is 15.6. The lowest BCUT2D eigenvalue weighted by Crippen LogP contribution is -2.23. The van der Waals surface area contributed by atoms with Crippen LogP contribution in [0.2, 0.25) is 0 Å². The Morgan fingerprint density at radius 3 is 2.55 bits per heavy atom. The molecule has 3 aromatic rings. The van der Waals surface area contributed by atoms with E-state index in [2.05, 4.69) is 12.2 Å². The van der Waals surface area contributed by atoms with E-state index in [1.54, 1.807) is 30.3 Å². The monoisotopic (exact) mass is 546 g/mol. The highest BCUT2D eigenvalue weighted by molar-refractivity contribution is 6.01. The summed E-state index contributed by atoms with van der Waals surface area (Å²) in [6.45, 7) is 5.30. The second-order valence-corrected chi connectivity index (χ2v) is 8.73. The van der Waals surface area contributed by atoms with Crippen molar-refractivity contribution in [3.8, 4) is 29.1 Å². The van der Waals surface area contributed by atoms with Gasteiger partial charge in [-0.1, -0.05) is 25.5 Å². The number of nitrogens with zero attached hydrogens (tertiary/aromatic N) is 1. The van der Waals surface area contributed by atoms with Gasteiger partial charge in [0.25, 0.3) is 5.91 Å². The third-order valence-electron chi connectivity index (χ3n) is 5.77. The zero-order valence-electron chi connectivity index (χ0n) is 23.0. The third kappa shape index (κ3) is 8.95. The quantitative estimate of drug-likeness (QED) is 0.0857. The van der Waals surface area contributed by atoms with Gasteiger partial charge in [0.1, 0.15) is 17.4 Å². The number of rotatable bonds is 15. The maximum Gasteiger partial charge on any atom is 0.311 e. The summed E-state index contributed by atoms with van der Waals surface area (Å²) >= 11 is 0. The Morgan fingerprint density at radius 1 is 1.02 bits per heavy atom. The van der Waals surface area contributed by atoms with E-state index >= 15 is 0 Å². The molecule has 0 aliphatic heterocycles. The Balaban J connectivity index is 1.61. The van der Waals surface area contributed by atoms with Crippen molar-refractivity contribution >= 4 is 18.0 Å². The van der Waals surface area contributed by atoms with Gasteiger partial charge in [-0.2, -0.15) is 5.26 Å². The fourth-order valence-electron chi connectivity index (χ4n) is 3.69. The largest absolute Gasteiger partial charge is 0.493 e. The van der Waals surface area contributed by atoms with Crippen molar-refractivity contribution in [1.29, 1.82) is 5.26 Å². The van der Waals surface area contributed by atoms with Gasteiger partial charge in [-0.05, 0) is 73.4 Å². The molecule has 0 bridgehead atoms. The van der Waals surface area contributed by atoms with Crippen LogP contribution in [0.15, 0.2) is 64.8 Å². The molecule has 1 amide bonds. The van der Waals surface area contributed by atoms with Gasteiger partial charge in [0.05, 0.1) is 33.1 Å². The lowest BCUT2D eigenvalue weighted by molar-refractivity contribution is -0.134. The zero-order valence-corrected chi connectivity index (χ0v) is 23.0. The molecule has 0 fully saturated rings. The molecule has 1 heterocycles. The summed E-state index contributed by atoms with van der Waals surface area (Å²) in [5.74, 6) is 1.47. The van der Waals surface area contributed by atoms with Crippen LogP contribution < -0.4 is 24.3 Å². The summed E-state index contributed by atoms with van der Waals surface area (Å²) in [7, 11) is 1.45. The first kappa shape index (κ1) is 29.8. The summed E-state index contributed by atoms with van der Waals surface area (Å²) in [4.78, 5) is 25.0. The van der Waals surface area contributed by atoms with Crippen molar-refractivity contribution in [2.75, 3.05) is 20.3 Å². The number of nitrogens with one attached hydrogen (secondary N) is 1. The van der Waals surface area contributed by atoms with Gasteiger partial charge in [-0.3, -0.25) is 9.59 Å². The average molecular weight is 547 g/mol. The molecule has 0 radical (unpaired) electrons. The Morgan fingerprint density at radius 2 is 1.85 bits per heavy atom. The van der Waals surface area contributed by atoms with Gasteiger partial charge >= 0.3 is 5.97 Å². The number of carbonyl (C=O) groups is 2. The van der Waals surface area contributed by atoms with Crippen LogP contribution in [0.25, 0.3) is 6.08 Å². The first-order valence-corrected chi connectivity index (χ1v) is 13.2. The van der Waals surface area contributed by atoms with E-state index in [9.17, 15) is 14.9 Å². The number of benzene rings is 2.